The Kier molecular flexibility index (Phi) is 5.64. The molecule has 1 saturated carbocycles. The highest BCUT2D eigenvalue weighted by Crippen LogP contribution is 2.31. The molecule has 19 heavy (non-hydrogen) atoms. The van der Waals surface area contributed by atoms with Gasteiger partial charge in [-0.15, -0.1) is 12.4 Å². The number of nitrogens with zero attached hydrogens (tertiary/aromatic N) is 2. The first-order valence-corrected chi connectivity index (χ1v) is 7.45. The van der Waals surface area contributed by atoms with Gasteiger partial charge in [0.25, 0.3) is 0 Å². The van der Waals surface area contributed by atoms with Crippen molar-refractivity contribution in [1.29, 1.82) is 0 Å². The van der Waals surface area contributed by atoms with E-state index in [9.17, 15) is 0 Å². The Bertz CT molecular complexity index is 371. The van der Waals surface area contributed by atoms with Gasteiger partial charge in [-0.25, -0.2) is 0 Å². The molecule has 5 heteroatoms. The Labute approximate surface area is 121 Å². The zero-order valence-corrected chi connectivity index (χ0v) is 12.3. The molecular formula is C14H24ClN3O. The minimum Gasteiger partial charge on any atom is -0.339 e. The largest absolute Gasteiger partial charge is 0.339 e. The third-order valence-electron chi connectivity index (χ3n) is 4.38. The number of halogens is 1. The normalized spacial score (nSPS) is 22.1. The van der Waals surface area contributed by atoms with Crippen LogP contribution in [0.15, 0.2) is 4.52 Å². The van der Waals surface area contributed by atoms with Crippen molar-refractivity contribution in [3.8, 4) is 0 Å². The Morgan fingerprint density at radius 1 is 1.05 bits per heavy atom. The van der Waals surface area contributed by atoms with Crippen molar-refractivity contribution < 1.29 is 4.52 Å². The van der Waals surface area contributed by atoms with Gasteiger partial charge in [0.1, 0.15) is 0 Å². The fourth-order valence-electron chi connectivity index (χ4n) is 3.21. The van der Waals surface area contributed by atoms with E-state index in [2.05, 4.69) is 15.5 Å². The van der Waals surface area contributed by atoms with Crippen LogP contribution in [0.5, 0.6) is 0 Å². The highest BCUT2D eigenvalue weighted by atomic mass is 35.5. The number of aromatic nitrogens is 2. The molecular weight excluding hydrogens is 262 g/mol. The van der Waals surface area contributed by atoms with Crippen LogP contribution in [-0.4, -0.2) is 23.2 Å². The van der Waals surface area contributed by atoms with E-state index in [4.69, 9.17) is 4.52 Å². The molecule has 0 spiro atoms. The summed E-state index contributed by atoms with van der Waals surface area (Å²) in [7, 11) is 0. The summed E-state index contributed by atoms with van der Waals surface area (Å²) in [5.74, 6) is 3.12. The summed E-state index contributed by atoms with van der Waals surface area (Å²) in [4.78, 5) is 4.63. The third kappa shape index (κ3) is 3.93. The fourth-order valence-corrected chi connectivity index (χ4v) is 3.21. The maximum Gasteiger partial charge on any atom is 0.226 e. The fraction of sp³-hybridized carbons (Fsp3) is 0.857. The zero-order valence-electron chi connectivity index (χ0n) is 11.4. The molecule has 1 aromatic heterocycles. The van der Waals surface area contributed by atoms with E-state index in [0.717, 1.165) is 37.1 Å². The minimum atomic E-state index is 0. The lowest BCUT2D eigenvalue weighted by atomic mass is 9.89. The van der Waals surface area contributed by atoms with E-state index in [1.54, 1.807) is 0 Å². The van der Waals surface area contributed by atoms with Crippen LogP contribution in [0.3, 0.4) is 0 Å². The van der Waals surface area contributed by atoms with E-state index in [0.29, 0.717) is 5.92 Å². The van der Waals surface area contributed by atoms with Crippen molar-refractivity contribution in [2.75, 3.05) is 13.1 Å². The molecule has 1 saturated heterocycles. The number of hydrogen-bond acceptors (Lipinski definition) is 4. The summed E-state index contributed by atoms with van der Waals surface area (Å²) >= 11 is 0. The van der Waals surface area contributed by atoms with Gasteiger partial charge >= 0.3 is 0 Å². The van der Waals surface area contributed by atoms with Crippen LogP contribution in [0, 0.1) is 5.92 Å². The van der Waals surface area contributed by atoms with E-state index in [-0.39, 0.29) is 12.4 Å². The molecule has 2 heterocycles. The van der Waals surface area contributed by atoms with Crippen LogP contribution in [0.25, 0.3) is 0 Å². The molecule has 1 aliphatic heterocycles. The first kappa shape index (κ1) is 14.8. The van der Waals surface area contributed by atoms with Crippen LogP contribution in [-0.2, 0) is 6.42 Å². The van der Waals surface area contributed by atoms with Gasteiger partial charge < -0.3 is 9.84 Å². The summed E-state index contributed by atoms with van der Waals surface area (Å²) in [6.07, 6.45) is 9.95. The van der Waals surface area contributed by atoms with E-state index >= 15 is 0 Å². The second-order valence-electron chi connectivity index (χ2n) is 5.78. The van der Waals surface area contributed by atoms with Gasteiger partial charge in [0, 0.05) is 12.3 Å². The van der Waals surface area contributed by atoms with Crippen LogP contribution >= 0.6 is 12.4 Å². The standard InChI is InChI=1S/C14H23N3O.ClH/c1-2-4-12(5-3-1)14-16-13(18-17-14)10-11-6-8-15-9-7-11;/h11-12,15H,1-10H2;1H. The summed E-state index contributed by atoms with van der Waals surface area (Å²) in [6, 6.07) is 0. The van der Waals surface area contributed by atoms with Gasteiger partial charge in [0.15, 0.2) is 5.82 Å². The first-order valence-electron chi connectivity index (χ1n) is 7.45. The lowest BCUT2D eigenvalue weighted by Crippen LogP contribution is -2.28. The number of piperidine rings is 1. The molecule has 1 aliphatic carbocycles. The summed E-state index contributed by atoms with van der Waals surface area (Å²) in [6.45, 7) is 2.27. The van der Waals surface area contributed by atoms with Crippen LogP contribution in [0.2, 0.25) is 0 Å². The lowest BCUT2D eigenvalue weighted by Gasteiger charge is -2.20. The molecule has 0 radical (unpaired) electrons. The Balaban J connectivity index is 0.00000133. The average molecular weight is 286 g/mol. The summed E-state index contributed by atoms with van der Waals surface area (Å²) in [5, 5.41) is 7.59. The van der Waals surface area contributed by atoms with Gasteiger partial charge in [-0.2, -0.15) is 4.98 Å². The van der Waals surface area contributed by atoms with Crippen molar-refractivity contribution in [2.24, 2.45) is 5.92 Å². The highest BCUT2D eigenvalue weighted by Gasteiger charge is 2.22. The molecule has 1 N–H and O–H groups in total. The molecule has 0 aromatic carbocycles. The smallest absolute Gasteiger partial charge is 0.226 e. The van der Waals surface area contributed by atoms with Gasteiger partial charge in [-0.3, -0.25) is 0 Å². The SMILES string of the molecule is C1CCC(c2noc(CC3CCNCC3)n2)CC1.Cl. The van der Waals surface area contributed by atoms with E-state index in [1.807, 2.05) is 0 Å². The van der Waals surface area contributed by atoms with Gasteiger partial charge in [-0.1, -0.05) is 24.4 Å². The second kappa shape index (κ2) is 7.25. The molecule has 0 bridgehead atoms. The predicted octanol–water partition coefficient (Wildman–Crippen LogP) is 3.08. The van der Waals surface area contributed by atoms with Crippen LogP contribution in [0.4, 0.5) is 0 Å². The summed E-state index contributed by atoms with van der Waals surface area (Å²) < 4.78 is 5.44. The number of nitrogens with one attached hydrogen (secondary N) is 1. The summed E-state index contributed by atoms with van der Waals surface area (Å²) in [5.41, 5.74) is 0. The Morgan fingerprint density at radius 3 is 2.53 bits per heavy atom. The maximum atomic E-state index is 5.44. The van der Waals surface area contributed by atoms with Crippen LogP contribution in [0.1, 0.15) is 62.6 Å². The maximum absolute atomic E-state index is 5.44. The Morgan fingerprint density at radius 2 is 1.79 bits per heavy atom. The molecule has 4 nitrogen and oxygen atoms in total. The quantitative estimate of drug-likeness (QED) is 0.927. The molecule has 3 rings (SSSR count). The topological polar surface area (TPSA) is 51.0 Å². The minimum absolute atomic E-state index is 0. The van der Waals surface area contributed by atoms with Crippen LogP contribution < -0.4 is 5.32 Å². The zero-order chi connectivity index (χ0) is 12.2. The van der Waals surface area contributed by atoms with Gasteiger partial charge in [0.05, 0.1) is 0 Å². The molecule has 0 amide bonds. The van der Waals surface area contributed by atoms with E-state index in [1.165, 1.54) is 44.9 Å². The van der Waals surface area contributed by atoms with Crippen molar-refractivity contribution in [3.05, 3.63) is 11.7 Å². The number of rotatable bonds is 3. The molecule has 0 unspecified atom stereocenters. The van der Waals surface area contributed by atoms with Gasteiger partial charge in [-0.05, 0) is 44.7 Å². The second-order valence-corrected chi connectivity index (χ2v) is 5.78. The predicted molar refractivity (Wildman–Crippen MR) is 76.7 cm³/mol. The number of hydrogen-bond donors (Lipinski definition) is 1. The van der Waals surface area contributed by atoms with Crippen molar-refractivity contribution in [2.45, 2.75) is 57.3 Å². The molecule has 0 atom stereocenters. The third-order valence-corrected chi connectivity index (χ3v) is 4.38. The Hall–Kier alpha value is -0.610. The molecule has 2 fully saturated rings. The molecule has 2 aliphatic rings. The lowest BCUT2D eigenvalue weighted by molar-refractivity contribution is 0.309. The van der Waals surface area contributed by atoms with Crippen molar-refractivity contribution in [1.82, 2.24) is 15.5 Å². The van der Waals surface area contributed by atoms with Crippen molar-refractivity contribution in [3.63, 3.8) is 0 Å². The average Bonchev–Trinajstić information content (AvgIpc) is 2.89. The van der Waals surface area contributed by atoms with Gasteiger partial charge in [0.2, 0.25) is 5.89 Å². The monoisotopic (exact) mass is 285 g/mol. The highest BCUT2D eigenvalue weighted by molar-refractivity contribution is 5.85. The first-order chi connectivity index (χ1) is 8.92. The van der Waals surface area contributed by atoms with Crippen molar-refractivity contribution >= 4 is 12.4 Å². The molecule has 108 valence electrons. The molecule has 1 aromatic rings. The van der Waals surface area contributed by atoms with E-state index < -0.39 is 0 Å².